The van der Waals surface area contributed by atoms with E-state index in [0.717, 1.165) is 0 Å². The molecule has 1 rings (SSSR count). The van der Waals surface area contributed by atoms with E-state index in [4.69, 9.17) is 21.5 Å². The zero-order valence-corrected chi connectivity index (χ0v) is 14.0. The maximum Gasteiger partial charge on any atom is 0.253 e. The van der Waals surface area contributed by atoms with E-state index in [1.54, 1.807) is 7.05 Å². The second-order valence-electron chi connectivity index (χ2n) is 4.03. The van der Waals surface area contributed by atoms with Crippen LogP contribution in [0.3, 0.4) is 0 Å². The Hall–Kier alpha value is -0.670. The van der Waals surface area contributed by atoms with Crippen LogP contribution < -0.4 is 5.14 Å². The largest absolute Gasteiger partial charge is 0.383 e. The summed E-state index contributed by atoms with van der Waals surface area (Å²) in [5.41, 5.74) is 0.140. The Balaban J connectivity index is 3.21. The van der Waals surface area contributed by atoms with Crippen molar-refractivity contribution >= 4 is 43.5 Å². The quantitative estimate of drug-likeness (QED) is 0.831. The van der Waals surface area contributed by atoms with Gasteiger partial charge >= 0.3 is 0 Å². The monoisotopic (exact) mass is 384 g/mol. The molecular weight excluding hydrogens is 372 g/mol. The van der Waals surface area contributed by atoms with Crippen LogP contribution in [0.1, 0.15) is 10.4 Å². The lowest BCUT2D eigenvalue weighted by molar-refractivity contribution is 0.0744. The van der Waals surface area contributed by atoms with E-state index in [1.165, 1.54) is 24.1 Å². The smallest absolute Gasteiger partial charge is 0.253 e. The molecule has 0 aliphatic carbocycles. The van der Waals surface area contributed by atoms with E-state index < -0.39 is 10.0 Å². The van der Waals surface area contributed by atoms with Crippen LogP contribution in [-0.4, -0.2) is 46.5 Å². The van der Waals surface area contributed by atoms with Crippen molar-refractivity contribution in [2.45, 2.75) is 4.90 Å². The van der Waals surface area contributed by atoms with E-state index in [0.29, 0.717) is 13.2 Å². The molecule has 0 saturated heterocycles. The van der Waals surface area contributed by atoms with E-state index in [2.05, 4.69) is 15.9 Å². The number of benzene rings is 1. The molecule has 1 aromatic rings. The number of nitrogens with zero attached hydrogens (tertiary/aromatic N) is 1. The van der Waals surface area contributed by atoms with Crippen LogP contribution in [0.5, 0.6) is 0 Å². The molecule has 112 valence electrons. The first-order valence-electron chi connectivity index (χ1n) is 5.44. The Morgan fingerprint density at radius 2 is 2.10 bits per heavy atom. The maximum atomic E-state index is 12.2. The molecule has 9 heteroatoms. The van der Waals surface area contributed by atoms with Gasteiger partial charge in [-0.25, -0.2) is 13.6 Å². The molecule has 0 bridgehead atoms. The SMILES string of the molecule is COCCN(C)C(=O)c1cc(Cl)c(Br)c(S(N)(=O)=O)c1. The number of carbonyl (C=O) groups excluding carboxylic acids is 1. The van der Waals surface area contributed by atoms with Gasteiger partial charge in [0.25, 0.3) is 5.91 Å². The van der Waals surface area contributed by atoms with Gasteiger partial charge in [0.1, 0.15) is 0 Å². The summed E-state index contributed by atoms with van der Waals surface area (Å²) in [7, 11) is -0.882. The highest BCUT2D eigenvalue weighted by molar-refractivity contribution is 9.10. The summed E-state index contributed by atoms with van der Waals surface area (Å²) in [5.74, 6) is -0.374. The highest BCUT2D eigenvalue weighted by atomic mass is 79.9. The number of primary sulfonamides is 1. The number of hydrogen-bond acceptors (Lipinski definition) is 4. The minimum atomic E-state index is -3.98. The predicted molar refractivity (Wildman–Crippen MR) is 79.4 cm³/mol. The average molecular weight is 386 g/mol. The van der Waals surface area contributed by atoms with Crippen molar-refractivity contribution in [1.29, 1.82) is 0 Å². The standard InChI is InChI=1S/C11H14BrClN2O4S/c1-15(3-4-19-2)11(16)7-5-8(13)10(12)9(6-7)20(14,17)18/h5-6H,3-4H2,1-2H3,(H2,14,17,18). The lowest BCUT2D eigenvalue weighted by Crippen LogP contribution is -2.30. The van der Waals surface area contributed by atoms with Crippen LogP contribution in [0.2, 0.25) is 5.02 Å². The number of halogens is 2. The van der Waals surface area contributed by atoms with Gasteiger partial charge in [-0.2, -0.15) is 0 Å². The zero-order chi connectivity index (χ0) is 15.5. The van der Waals surface area contributed by atoms with E-state index in [-0.39, 0.29) is 25.9 Å². The number of ether oxygens (including phenoxy) is 1. The molecule has 2 N–H and O–H groups in total. The third-order valence-electron chi connectivity index (χ3n) is 2.53. The Bertz CT molecular complexity index is 621. The number of rotatable bonds is 5. The first kappa shape index (κ1) is 17.4. The molecule has 1 aromatic carbocycles. The van der Waals surface area contributed by atoms with E-state index >= 15 is 0 Å². The van der Waals surface area contributed by atoms with Crippen LogP contribution in [0, 0.1) is 0 Å². The Morgan fingerprint density at radius 1 is 1.50 bits per heavy atom. The van der Waals surface area contributed by atoms with Gasteiger partial charge in [0.2, 0.25) is 10.0 Å². The van der Waals surface area contributed by atoms with Gasteiger partial charge in [-0.3, -0.25) is 4.79 Å². The number of likely N-dealkylation sites (N-methyl/N-ethyl adjacent to an activating group) is 1. The molecule has 0 atom stereocenters. The fourth-order valence-electron chi connectivity index (χ4n) is 1.44. The minimum absolute atomic E-state index is 0.0972. The molecule has 0 fully saturated rings. The Morgan fingerprint density at radius 3 is 2.60 bits per heavy atom. The summed E-state index contributed by atoms with van der Waals surface area (Å²) in [6.45, 7) is 0.738. The van der Waals surface area contributed by atoms with Gasteiger partial charge in [-0.15, -0.1) is 0 Å². The fraction of sp³-hybridized carbons (Fsp3) is 0.364. The van der Waals surface area contributed by atoms with Crippen molar-refractivity contribution < 1.29 is 17.9 Å². The molecule has 0 unspecified atom stereocenters. The fourth-order valence-corrected chi connectivity index (χ4v) is 3.28. The number of methoxy groups -OCH3 is 1. The molecule has 0 saturated carbocycles. The molecule has 6 nitrogen and oxygen atoms in total. The van der Waals surface area contributed by atoms with Crippen LogP contribution in [0.4, 0.5) is 0 Å². The van der Waals surface area contributed by atoms with Gasteiger partial charge < -0.3 is 9.64 Å². The first-order chi connectivity index (χ1) is 9.18. The summed E-state index contributed by atoms with van der Waals surface area (Å²) < 4.78 is 27.9. The number of nitrogens with two attached hydrogens (primary N) is 1. The topological polar surface area (TPSA) is 89.7 Å². The van der Waals surface area contributed by atoms with Crippen LogP contribution >= 0.6 is 27.5 Å². The van der Waals surface area contributed by atoms with Gasteiger partial charge in [-0.05, 0) is 28.1 Å². The highest BCUT2D eigenvalue weighted by Crippen LogP contribution is 2.31. The molecule has 0 heterocycles. The first-order valence-corrected chi connectivity index (χ1v) is 8.16. The number of carbonyl (C=O) groups is 1. The zero-order valence-electron chi connectivity index (χ0n) is 10.9. The number of amides is 1. The van der Waals surface area contributed by atoms with Gasteiger partial charge in [0.15, 0.2) is 0 Å². The molecule has 0 aliphatic rings. The van der Waals surface area contributed by atoms with Crippen molar-refractivity contribution in [1.82, 2.24) is 4.90 Å². The van der Waals surface area contributed by atoms with Crippen molar-refractivity contribution in [3.63, 3.8) is 0 Å². The van der Waals surface area contributed by atoms with Crippen LogP contribution in [0.15, 0.2) is 21.5 Å². The normalized spacial score (nSPS) is 11.4. The second kappa shape index (κ2) is 6.86. The molecule has 0 aliphatic heterocycles. The maximum absolute atomic E-state index is 12.2. The van der Waals surface area contributed by atoms with E-state index in [9.17, 15) is 13.2 Å². The van der Waals surface area contributed by atoms with Crippen molar-refractivity contribution in [3.8, 4) is 0 Å². The molecule has 0 spiro atoms. The van der Waals surface area contributed by atoms with Gasteiger partial charge in [0.05, 0.1) is 21.0 Å². The molecular formula is C11H14BrClN2O4S. The third-order valence-corrected chi connectivity index (χ3v) is 5.10. The summed E-state index contributed by atoms with van der Waals surface area (Å²) in [6.07, 6.45) is 0. The summed E-state index contributed by atoms with van der Waals surface area (Å²) >= 11 is 8.96. The van der Waals surface area contributed by atoms with Crippen molar-refractivity contribution in [2.24, 2.45) is 5.14 Å². The summed E-state index contributed by atoms with van der Waals surface area (Å²) in [4.78, 5) is 13.3. The molecule has 0 aromatic heterocycles. The average Bonchev–Trinajstić information content (AvgIpc) is 2.36. The predicted octanol–water partition coefficient (Wildman–Crippen LogP) is 1.47. The van der Waals surface area contributed by atoms with Gasteiger partial charge in [0, 0.05) is 26.3 Å². The van der Waals surface area contributed by atoms with Gasteiger partial charge in [-0.1, -0.05) is 11.6 Å². The minimum Gasteiger partial charge on any atom is -0.383 e. The summed E-state index contributed by atoms with van der Waals surface area (Å²) in [6, 6.07) is 2.57. The number of hydrogen-bond donors (Lipinski definition) is 1. The van der Waals surface area contributed by atoms with Crippen molar-refractivity contribution in [3.05, 3.63) is 27.2 Å². The lowest BCUT2D eigenvalue weighted by atomic mass is 10.2. The Labute approximate surface area is 131 Å². The highest BCUT2D eigenvalue weighted by Gasteiger charge is 2.20. The van der Waals surface area contributed by atoms with Crippen molar-refractivity contribution in [2.75, 3.05) is 27.3 Å². The molecule has 20 heavy (non-hydrogen) atoms. The molecule has 0 radical (unpaired) electrons. The summed E-state index contributed by atoms with van der Waals surface area (Å²) in [5, 5.41) is 5.19. The lowest BCUT2D eigenvalue weighted by Gasteiger charge is -2.17. The van der Waals surface area contributed by atoms with E-state index in [1.807, 2.05) is 0 Å². The Kier molecular flexibility index (Phi) is 5.96. The van der Waals surface area contributed by atoms with Crippen LogP contribution in [-0.2, 0) is 14.8 Å². The van der Waals surface area contributed by atoms with Crippen LogP contribution in [0.25, 0.3) is 0 Å². The third kappa shape index (κ3) is 4.16. The second-order valence-corrected chi connectivity index (χ2v) is 6.76. The number of sulfonamides is 1. The molecule has 1 amide bonds.